The minimum Gasteiger partial charge on any atom is -0.349 e. The largest absolute Gasteiger partial charge is 0.349 e. The van der Waals surface area contributed by atoms with Gasteiger partial charge in [0.25, 0.3) is 0 Å². The topological polar surface area (TPSA) is 29.1 Å². The van der Waals surface area contributed by atoms with Gasteiger partial charge in [0.05, 0.1) is 11.5 Å². The molecule has 1 amide bonds. The molecule has 1 aliphatic rings. The normalized spacial score (nSPS) is 17.0. The Balaban J connectivity index is 1.75. The van der Waals surface area contributed by atoms with E-state index in [4.69, 9.17) is 0 Å². The molecule has 2 aromatic carbocycles. The summed E-state index contributed by atoms with van der Waals surface area (Å²) in [5, 5.41) is 3.08. The number of amides is 1. The number of nitrogens with one attached hydrogen (secondary N) is 1. The van der Waals surface area contributed by atoms with Gasteiger partial charge in [0.2, 0.25) is 5.91 Å². The third-order valence-electron chi connectivity index (χ3n) is 4.23. The molecule has 21 heavy (non-hydrogen) atoms. The van der Waals surface area contributed by atoms with Gasteiger partial charge in [-0.15, -0.1) is 0 Å². The zero-order valence-corrected chi connectivity index (χ0v) is 12.0. The molecule has 1 atom stereocenters. The summed E-state index contributed by atoms with van der Waals surface area (Å²) in [6.07, 6.45) is 1.65. The molecule has 1 saturated carbocycles. The van der Waals surface area contributed by atoms with Gasteiger partial charge in [-0.2, -0.15) is 0 Å². The summed E-state index contributed by atoms with van der Waals surface area (Å²) >= 11 is 0. The lowest BCUT2D eigenvalue weighted by Crippen LogP contribution is -2.36. The van der Waals surface area contributed by atoms with Crippen molar-refractivity contribution in [1.29, 1.82) is 0 Å². The number of hydrogen-bond acceptors (Lipinski definition) is 1. The van der Waals surface area contributed by atoms with E-state index in [1.54, 1.807) is 12.1 Å². The van der Waals surface area contributed by atoms with Crippen molar-refractivity contribution in [3.8, 4) is 0 Å². The second-order valence-electron chi connectivity index (χ2n) is 5.69. The Kier molecular flexibility index (Phi) is 3.50. The molecule has 1 fully saturated rings. The van der Waals surface area contributed by atoms with Crippen molar-refractivity contribution >= 4 is 5.91 Å². The first-order valence-electron chi connectivity index (χ1n) is 7.24. The van der Waals surface area contributed by atoms with Crippen LogP contribution < -0.4 is 5.32 Å². The van der Waals surface area contributed by atoms with Gasteiger partial charge in [0.15, 0.2) is 0 Å². The molecule has 3 heteroatoms. The Bertz CT molecular complexity index is 632. The Morgan fingerprint density at radius 3 is 2.29 bits per heavy atom. The zero-order valence-electron chi connectivity index (χ0n) is 12.0. The molecule has 1 N–H and O–H groups in total. The molecule has 0 saturated heterocycles. The quantitative estimate of drug-likeness (QED) is 0.910. The number of carbonyl (C=O) groups is 1. The van der Waals surface area contributed by atoms with E-state index < -0.39 is 5.41 Å². The van der Waals surface area contributed by atoms with Crippen LogP contribution >= 0.6 is 0 Å². The maximum absolute atomic E-state index is 13.0. The molecule has 0 aromatic heterocycles. The third kappa shape index (κ3) is 2.68. The molecule has 2 nitrogen and oxygen atoms in total. The van der Waals surface area contributed by atoms with Crippen LogP contribution in [0.4, 0.5) is 4.39 Å². The molecule has 0 radical (unpaired) electrons. The standard InChI is InChI=1S/C18H18FNO/c1-13(14-5-3-2-4-6-14)20-17(21)18(11-12-18)15-7-9-16(19)10-8-15/h2-10,13H,11-12H2,1H3,(H,20,21). The Morgan fingerprint density at radius 2 is 1.71 bits per heavy atom. The zero-order chi connectivity index (χ0) is 14.9. The van der Waals surface area contributed by atoms with E-state index in [0.717, 1.165) is 24.0 Å². The van der Waals surface area contributed by atoms with Crippen molar-refractivity contribution < 1.29 is 9.18 Å². The smallest absolute Gasteiger partial charge is 0.231 e. The number of rotatable bonds is 4. The van der Waals surface area contributed by atoms with Gasteiger partial charge in [-0.1, -0.05) is 42.5 Å². The highest BCUT2D eigenvalue weighted by molar-refractivity contribution is 5.91. The Morgan fingerprint density at radius 1 is 1.10 bits per heavy atom. The molecule has 0 bridgehead atoms. The molecule has 108 valence electrons. The van der Waals surface area contributed by atoms with Crippen LogP contribution in [-0.4, -0.2) is 5.91 Å². The lowest BCUT2D eigenvalue weighted by Gasteiger charge is -2.20. The van der Waals surface area contributed by atoms with E-state index >= 15 is 0 Å². The molecule has 1 aliphatic carbocycles. The van der Waals surface area contributed by atoms with Crippen molar-refractivity contribution in [1.82, 2.24) is 5.32 Å². The number of hydrogen-bond donors (Lipinski definition) is 1. The van der Waals surface area contributed by atoms with Gasteiger partial charge in [0, 0.05) is 0 Å². The third-order valence-corrected chi connectivity index (χ3v) is 4.23. The average Bonchev–Trinajstić information content (AvgIpc) is 3.30. The molecule has 0 aliphatic heterocycles. The van der Waals surface area contributed by atoms with Crippen molar-refractivity contribution in [2.45, 2.75) is 31.2 Å². The van der Waals surface area contributed by atoms with Crippen LogP contribution in [0.2, 0.25) is 0 Å². The first kappa shape index (κ1) is 13.8. The van der Waals surface area contributed by atoms with Gasteiger partial charge in [-0.05, 0) is 43.0 Å². The van der Waals surface area contributed by atoms with Crippen molar-refractivity contribution in [3.63, 3.8) is 0 Å². The Hall–Kier alpha value is -2.16. The van der Waals surface area contributed by atoms with Crippen LogP contribution in [0.15, 0.2) is 54.6 Å². The summed E-state index contributed by atoms with van der Waals surface area (Å²) in [4.78, 5) is 12.6. The fourth-order valence-electron chi connectivity index (χ4n) is 2.70. The van der Waals surface area contributed by atoms with Crippen molar-refractivity contribution in [2.75, 3.05) is 0 Å². The predicted molar refractivity (Wildman–Crippen MR) is 80.3 cm³/mol. The van der Waals surface area contributed by atoms with Crippen molar-refractivity contribution in [2.24, 2.45) is 0 Å². The maximum Gasteiger partial charge on any atom is 0.231 e. The monoisotopic (exact) mass is 283 g/mol. The van der Waals surface area contributed by atoms with Crippen LogP contribution in [0.3, 0.4) is 0 Å². The van der Waals surface area contributed by atoms with Crippen LogP contribution in [0, 0.1) is 5.82 Å². The molecule has 3 rings (SSSR count). The highest BCUT2D eigenvalue weighted by atomic mass is 19.1. The van der Waals surface area contributed by atoms with E-state index in [1.807, 2.05) is 37.3 Å². The van der Waals surface area contributed by atoms with Crippen molar-refractivity contribution in [3.05, 3.63) is 71.5 Å². The van der Waals surface area contributed by atoms with Crippen LogP contribution in [0.25, 0.3) is 0 Å². The average molecular weight is 283 g/mol. The fourth-order valence-corrected chi connectivity index (χ4v) is 2.70. The summed E-state index contributed by atoms with van der Waals surface area (Å²) in [7, 11) is 0. The summed E-state index contributed by atoms with van der Waals surface area (Å²) in [5.41, 5.74) is 1.53. The van der Waals surface area contributed by atoms with Gasteiger partial charge in [-0.3, -0.25) is 4.79 Å². The Labute approximate surface area is 124 Å². The summed E-state index contributed by atoms with van der Waals surface area (Å²) in [5.74, 6) is -0.238. The van der Waals surface area contributed by atoms with E-state index in [-0.39, 0.29) is 17.8 Å². The number of benzene rings is 2. The van der Waals surface area contributed by atoms with Crippen LogP contribution in [0.5, 0.6) is 0 Å². The number of halogens is 1. The van der Waals surface area contributed by atoms with Gasteiger partial charge in [-0.25, -0.2) is 4.39 Å². The lowest BCUT2D eigenvalue weighted by atomic mass is 9.94. The van der Waals surface area contributed by atoms with Crippen LogP contribution in [0.1, 0.15) is 36.9 Å². The lowest BCUT2D eigenvalue weighted by molar-refractivity contribution is -0.124. The molecule has 1 unspecified atom stereocenters. The predicted octanol–water partition coefficient (Wildman–Crippen LogP) is 3.73. The summed E-state index contributed by atoms with van der Waals surface area (Å²) in [6.45, 7) is 1.98. The van der Waals surface area contributed by atoms with E-state index in [2.05, 4.69) is 5.32 Å². The van der Waals surface area contributed by atoms with Gasteiger partial charge < -0.3 is 5.32 Å². The molecular weight excluding hydrogens is 265 g/mol. The highest BCUT2D eigenvalue weighted by Gasteiger charge is 2.51. The fraction of sp³-hybridized carbons (Fsp3) is 0.278. The minimum absolute atomic E-state index is 0.0309. The van der Waals surface area contributed by atoms with E-state index in [1.165, 1.54) is 12.1 Å². The van der Waals surface area contributed by atoms with E-state index in [0.29, 0.717) is 0 Å². The SMILES string of the molecule is CC(NC(=O)C1(c2ccc(F)cc2)CC1)c1ccccc1. The second kappa shape index (κ2) is 5.32. The molecule has 2 aromatic rings. The molecular formula is C18H18FNO. The van der Waals surface area contributed by atoms with E-state index in [9.17, 15) is 9.18 Å². The highest BCUT2D eigenvalue weighted by Crippen LogP contribution is 2.48. The molecule has 0 spiro atoms. The molecule has 0 heterocycles. The first-order chi connectivity index (χ1) is 10.1. The number of carbonyl (C=O) groups excluding carboxylic acids is 1. The maximum atomic E-state index is 13.0. The minimum atomic E-state index is -0.462. The summed E-state index contributed by atoms with van der Waals surface area (Å²) < 4.78 is 13.0. The van der Waals surface area contributed by atoms with Gasteiger partial charge >= 0.3 is 0 Å². The second-order valence-corrected chi connectivity index (χ2v) is 5.69. The van der Waals surface area contributed by atoms with Crippen LogP contribution in [-0.2, 0) is 10.2 Å². The first-order valence-corrected chi connectivity index (χ1v) is 7.24. The van der Waals surface area contributed by atoms with Gasteiger partial charge in [0.1, 0.15) is 5.82 Å². The summed E-state index contributed by atoms with van der Waals surface area (Å²) in [6, 6.07) is 16.1.